The molecule has 1 aliphatic rings. The van der Waals surface area contributed by atoms with Crippen molar-refractivity contribution < 1.29 is 4.74 Å². The molecule has 0 bridgehead atoms. The summed E-state index contributed by atoms with van der Waals surface area (Å²) in [5.41, 5.74) is 5.94. The highest BCUT2D eigenvalue weighted by molar-refractivity contribution is 4.87. The fourth-order valence-corrected chi connectivity index (χ4v) is 3.13. The lowest BCUT2D eigenvalue weighted by Crippen LogP contribution is -2.35. The predicted octanol–water partition coefficient (Wildman–Crippen LogP) is 2.16. The normalized spacial score (nSPS) is 19.1. The van der Waals surface area contributed by atoms with Crippen LogP contribution < -0.4 is 11.1 Å². The summed E-state index contributed by atoms with van der Waals surface area (Å²) in [6, 6.07) is 0. The zero-order chi connectivity index (χ0) is 12.6. The van der Waals surface area contributed by atoms with E-state index in [9.17, 15) is 0 Å². The van der Waals surface area contributed by atoms with Crippen molar-refractivity contribution >= 4 is 0 Å². The first-order valence-corrected chi connectivity index (χ1v) is 7.17. The smallest absolute Gasteiger partial charge is 0.0591 e. The largest absolute Gasteiger partial charge is 0.379 e. The van der Waals surface area contributed by atoms with Gasteiger partial charge in [-0.15, -0.1) is 0 Å². The summed E-state index contributed by atoms with van der Waals surface area (Å²) >= 11 is 0. The molecule has 0 atom stereocenters. The van der Waals surface area contributed by atoms with Gasteiger partial charge in [-0.05, 0) is 30.6 Å². The number of ether oxygens (including phenoxy) is 1. The van der Waals surface area contributed by atoms with Crippen LogP contribution in [0.15, 0.2) is 0 Å². The summed E-state index contributed by atoms with van der Waals surface area (Å²) in [6.45, 7) is 8.89. The van der Waals surface area contributed by atoms with Crippen LogP contribution in [0.4, 0.5) is 0 Å². The van der Waals surface area contributed by atoms with Crippen LogP contribution in [0.2, 0.25) is 0 Å². The molecule has 3 N–H and O–H groups in total. The maximum absolute atomic E-state index is 5.37. The molecule has 0 aliphatic heterocycles. The van der Waals surface area contributed by atoms with Gasteiger partial charge in [0.2, 0.25) is 0 Å². The molecule has 1 saturated carbocycles. The summed E-state index contributed by atoms with van der Waals surface area (Å²) in [5, 5.41) is 3.57. The van der Waals surface area contributed by atoms with E-state index < -0.39 is 0 Å². The van der Waals surface area contributed by atoms with Gasteiger partial charge < -0.3 is 15.8 Å². The lowest BCUT2D eigenvalue weighted by Gasteiger charge is -2.31. The first-order chi connectivity index (χ1) is 8.18. The first kappa shape index (κ1) is 14.9. The van der Waals surface area contributed by atoms with Crippen molar-refractivity contribution in [3.05, 3.63) is 0 Å². The second-order valence-corrected chi connectivity index (χ2v) is 5.88. The van der Waals surface area contributed by atoms with Gasteiger partial charge in [0.05, 0.1) is 13.2 Å². The highest BCUT2D eigenvalue weighted by atomic mass is 16.5. The second-order valence-electron chi connectivity index (χ2n) is 5.88. The molecule has 1 fully saturated rings. The van der Waals surface area contributed by atoms with Crippen molar-refractivity contribution in [1.82, 2.24) is 5.32 Å². The Bertz CT molecular complexity index is 189. The van der Waals surface area contributed by atoms with E-state index in [4.69, 9.17) is 10.5 Å². The summed E-state index contributed by atoms with van der Waals surface area (Å²) in [6.07, 6.45) is 7.00. The molecule has 17 heavy (non-hydrogen) atoms. The van der Waals surface area contributed by atoms with Crippen molar-refractivity contribution in [2.75, 3.05) is 32.8 Å². The van der Waals surface area contributed by atoms with Crippen LogP contribution in [-0.2, 0) is 4.74 Å². The molecule has 1 aliphatic carbocycles. The molecule has 0 radical (unpaired) electrons. The van der Waals surface area contributed by atoms with Gasteiger partial charge >= 0.3 is 0 Å². The number of nitrogens with one attached hydrogen (secondary N) is 1. The highest BCUT2D eigenvalue weighted by Crippen LogP contribution is 2.42. The fourth-order valence-electron chi connectivity index (χ4n) is 3.13. The average Bonchev–Trinajstić information content (AvgIpc) is 2.71. The van der Waals surface area contributed by atoms with Crippen LogP contribution in [0, 0.1) is 11.3 Å². The molecule has 0 saturated heterocycles. The second kappa shape index (κ2) is 8.06. The van der Waals surface area contributed by atoms with Gasteiger partial charge in [-0.1, -0.05) is 26.7 Å². The number of hydrogen-bond donors (Lipinski definition) is 2. The lowest BCUT2D eigenvalue weighted by molar-refractivity contribution is 0.137. The van der Waals surface area contributed by atoms with Crippen molar-refractivity contribution in [1.29, 1.82) is 0 Å². The molecule has 0 unspecified atom stereocenters. The molecule has 0 heterocycles. The number of rotatable bonds is 9. The van der Waals surface area contributed by atoms with Gasteiger partial charge in [0, 0.05) is 19.6 Å². The Morgan fingerprint density at radius 3 is 2.53 bits per heavy atom. The third kappa shape index (κ3) is 5.84. The Kier molecular flexibility index (Phi) is 7.09. The molecule has 102 valence electrons. The third-order valence-corrected chi connectivity index (χ3v) is 3.69. The topological polar surface area (TPSA) is 47.3 Å². The summed E-state index contributed by atoms with van der Waals surface area (Å²) < 4.78 is 5.37. The molecule has 1 rings (SSSR count). The van der Waals surface area contributed by atoms with E-state index in [0.29, 0.717) is 18.6 Å². The van der Waals surface area contributed by atoms with E-state index in [1.54, 1.807) is 0 Å². The standard InChI is InChI=1S/C14H30N2O/c1-13(2)11-14(5-3-4-6-14)12-16-8-10-17-9-7-15/h13,16H,3-12,15H2,1-2H3. The number of hydrogen-bond acceptors (Lipinski definition) is 3. The maximum Gasteiger partial charge on any atom is 0.0591 e. The van der Waals surface area contributed by atoms with Gasteiger partial charge in [-0.25, -0.2) is 0 Å². The van der Waals surface area contributed by atoms with Gasteiger partial charge in [0.1, 0.15) is 0 Å². The maximum atomic E-state index is 5.37. The molecule has 3 heteroatoms. The van der Waals surface area contributed by atoms with Crippen LogP contribution in [0.3, 0.4) is 0 Å². The molecule has 3 nitrogen and oxygen atoms in total. The van der Waals surface area contributed by atoms with E-state index in [0.717, 1.165) is 25.6 Å². The monoisotopic (exact) mass is 242 g/mol. The van der Waals surface area contributed by atoms with Crippen LogP contribution in [-0.4, -0.2) is 32.8 Å². The molecular formula is C14H30N2O. The van der Waals surface area contributed by atoms with Crippen LogP contribution in [0.25, 0.3) is 0 Å². The van der Waals surface area contributed by atoms with Gasteiger partial charge in [0.25, 0.3) is 0 Å². The van der Waals surface area contributed by atoms with E-state index in [-0.39, 0.29) is 0 Å². The SMILES string of the molecule is CC(C)CC1(CNCCOCCN)CCCC1. The first-order valence-electron chi connectivity index (χ1n) is 7.17. The zero-order valence-electron chi connectivity index (χ0n) is 11.6. The Morgan fingerprint density at radius 1 is 1.24 bits per heavy atom. The van der Waals surface area contributed by atoms with E-state index in [2.05, 4.69) is 19.2 Å². The van der Waals surface area contributed by atoms with Crippen LogP contribution in [0.5, 0.6) is 0 Å². The Morgan fingerprint density at radius 2 is 1.94 bits per heavy atom. The minimum Gasteiger partial charge on any atom is -0.379 e. The van der Waals surface area contributed by atoms with Crippen LogP contribution in [0.1, 0.15) is 46.0 Å². The Labute approximate surface area is 106 Å². The molecular weight excluding hydrogens is 212 g/mol. The van der Waals surface area contributed by atoms with E-state index in [1.165, 1.54) is 32.1 Å². The van der Waals surface area contributed by atoms with Crippen molar-refractivity contribution in [3.63, 3.8) is 0 Å². The van der Waals surface area contributed by atoms with Crippen molar-refractivity contribution in [2.45, 2.75) is 46.0 Å². The van der Waals surface area contributed by atoms with E-state index >= 15 is 0 Å². The third-order valence-electron chi connectivity index (χ3n) is 3.69. The highest BCUT2D eigenvalue weighted by Gasteiger charge is 2.33. The lowest BCUT2D eigenvalue weighted by atomic mass is 9.78. The number of nitrogens with two attached hydrogens (primary N) is 1. The predicted molar refractivity (Wildman–Crippen MR) is 73.1 cm³/mol. The zero-order valence-corrected chi connectivity index (χ0v) is 11.6. The van der Waals surface area contributed by atoms with Crippen molar-refractivity contribution in [2.24, 2.45) is 17.1 Å². The molecule has 0 aromatic heterocycles. The van der Waals surface area contributed by atoms with Gasteiger partial charge in [-0.2, -0.15) is 0 Å². The minimum absolute atomic E-state index is 0.571. The molecule has 0 aromatic carbocycles. The van der Waals surface area contributed by atoms with Crippen LogP contribution >= 0.6 is 0 Å². The summed E-state index contributed by atoms with van der Waals surface area (Å²) in [7, 11) is 0. The summed E-state index contributed by atoms with van der Waals surface area (Å²) in [4.78, 5) is 0. The quantitative estimate of drug-likeness (QED) is 0.609. The molecule has 0 spiro atoms. The van der Waals surface area contributed by atoms with E-state index in [1.807, 2.05) is 0 Å². The molecule has 0 aromatic rings. The van der Waals surface area contributed by atoms with Gasteiger partial charge in [0.15, 0.2) is 0 Å². The fraction of sp³-hybridized carbons (Fsp3) is 1.00. The Hall–Kier alpha value is -0.120. The molecule has 0 amide bonds. The van der Waals surface area contributed by atoms with Gasteiger partial charge in [-0.3, -0.25) is 0 Å². The summed E-state index contributed by atoms with van der Waals surface area (Å²) in [5.74, 6) is 0.809. The Balaban J connectivity index is 2.16. The minimum atomic E-state index is 0.571. The van der Waals surface area contributed by atoms with Crippen molar-refractivity contribution in [3.8, 4) is 0 Å². The average molecular weight is 242 g/mol.